The van der Waals surface area contributed by atoms with Crippen LogP contribution >= 0.6 is 0 Å². The van der Waals surface area contributed by atoms with E-state index in [1.165, 1.54) is 17.0 Å². The summed E-state index contributed by atoms with van der Waals surface area (Å²) >= 11 is 0. The zero-order valence-electron chi connectivity index (χ0n) is 15.6. The summed E-state index contributed by atoms with van der Waals surface area (Å²) in [6.07, 6.45) is -4.10. The van der Waals surface area contributed by atoms with E-state index < -0.39 is 33.5 Å². The third-order valence-electron chi connectivity index (χ3n) is 5.25. The van der Waals surface area contributed by atoms with Crippen molar-refractivity contribution in [3.8, 4) is 0 Å². The summed E-state index contributed by atoms with van der Waals surface area (Å²) in [5, 5.41) is 0. The van der Waals surface area contributed by atoms with Crippen molar-refractivity contribution in [1.29, 1.82) is 0 Å². The Labute approximate surface area is 167 Å². The number of alkyl halides is 3. The normalized spacial score (nSPS) is 23.9. The number of halogens is 3. The lowest BCUT2D eigenvalue weighted by Gasteiger charge is -2.41. The molecule has 0 aromatic heterocycles. The van der Waals surface area contributed by atoms with Gasteiger partial charge in [0, 0.05) is 32.1 Å². The van der Waals surface area contributed by atoms with Crippen LogP contribution in [0.5, 0.6) is 0 Å². The first kappa shape index (κ1) is 21.8. The Morgan fingerprint density at radius 2 is 1.72 bits per heavy atom. The third kappa shape index (κ3) is 5.83. The van der Waals surface area contributed by atoms with Gasteiger partial charge >= 0.3 is 12.2 Å². The highest BCUT2D eigenvalue weighted by atomic mass is 32.2. The SMILES string of the molecule is O=C(N1CCOCC1)N1CC(CS(=O)(=O)O)CC(c2ccc(C(F)(F)F)cc2)C1. The summed E-state index contributed by atoms with van der Waals surface area (Å²) in [6, 6.07) is 4.43. The van der Waals surface area contributed by atoms with E-state index in [0.29, 0.717) is 38.3 Å². The van der Waals surface area contributed by atoms with Crippen LogP contribution in [-0.2, 0) is 21.0 Å². The molecule has 0 radical (unpaired) electrons. The molecule has 0 bridgehead atoms. The molecule has 7 nitrogen and oxygen atoms in total. The first-order valence-electron chi connectivity index (χ1n) is 9.27. The van der Waals surface area contributed by atoms with Crippen LogP contribution in [0.25, 0.3) is 0 Å². The fourth-order valence-electron chi connectivity index (χ4n) is 3.92. The van der Waals surface area contributed by atoms with Crippen LogP contribution in [0.1, 0.15) is 23.5 Å². The van der Waals surface area contributed by atoms with E-state index in [4.69, 9.17) is 4.74 Å². The number of piperidine rings is 1. The molecule has 2 heterocycles. The first-order valence-corrected chi connectivity index (χ1v) is 10.9. The Morgan fingerprint density at radius 1 is 1.10 bits per heavy atom. The highest BCUT2D eigenvalue weighted by Gasteiger charge is 2.36. The Hall–Kier alpha value is -1.85. The van der Waals surface area contributed by atoms with E-state index in [-0.39, 0.29) is 25.0 Å². The number of urea groups is 1. The Bertz CT molecular complexity index is 823. The highest BCUT2D eigenvalue weighted by molar-refractivity contribution is 7.85. The minimum Gasteiger partial charge on any atom is -0.378 e. The molecule has 0 aliphatic carbocycles. The maximum atomic E-state index is 12.9. The van der Waals surface area contributed by atoms with Gasteiger partial charge < -0.3 is 14.5 Å². The quantitative estimate of drug-likeness (QED) is 0.736. The van der Waals surface area contributed by atoms with Crippen LogP contribution in [0.2, 0.25) is 0 Å². The molecule has 2 atom stereocenters. The molecule has 2 aliphatic heterocycles. The number of likely N-dealkylation sites (tertiary alicyclic amines) is 1. The monoisotopic (exact) mass is 436 g/mol. The first-order chi connectivity index (χ1) is 13.5. The van der Waals surface area contributed by atoms with Gasteiger partial charge in [0.2, 0.25) is 0 Å². The van der Waals surface area contributed by atoms with Gasteiger partial charge in [-0.15, -0.1) is 0 Å². The number of nitrogens with zero attached hydrogens (tertiary/aromatic N) is 2. The van der Waals surface area contributed by atoms with Crippen molar-refractivity contribution < 1.29 is 35.7 Å². The zero-order chi connectivity index (χ0) is 21.2. The predicted octanol–water partition coefficient (Wildman–Crippen LogP) is 2.45. The van der Waals surface area contributed by atoms with Crippen molar-refractivity contribution in [3.63, 3.8) is 0 Å². The summed E-state index contributed by atoms with van der Waals surface area (Å²) in [5.41, 5.74) is -0.175. The van der Waals surface area contributed by atoms with Gasteiger partial charge in [-0.25, -0.2) is 4.79 Å². The molecule has 1 aromatic rings. The number of amides is 2. The molecule has 162 valence electrons. The number of hydrogen-bond donors (Lipinski definition) is 1. The lowest BCUT2D eigenvalue weighted by atomic mass is 9.85. The van der Waals surface area contributed by atoms with Crippen LogP contribution in [0.15, 0.2) is 24.3 Å². The van der Waals surface area contributed by atoms with Crippen LogP contribution in [0, 0.1) is 5.92 Å². The van der Waals surface area contributed by atoms with Crippen molar-refractivity contribution in [2.45, 2.75) is 18.5 Å². The summed E-state index contributed by atoms with van der Waals surface area (Å²) in [5.74, 6) is -1.35. The standard InChI is InChI=1S/C18H23F3N2O5S/c19-18(20,21)16-3-1-14(2-4-16)15-9-13(12-29(25,26)27)10-23(11-15)17(24)22-5-7-28-8-6-22/h1-4,13,15H,5-12H2,(H,25,26,27). The van der Waals surface area contributed by atoms with Gasteiger partial charge in [0.05, 0.1) is 24.5 Å². The van der Waals surface area contributed by atoms with Gasteiger partial charge in [-0.2, -0.15) is 21.6 Å². The maximum absolute atomic E-state index is 12.9. The molecule has 1 aromatic carbocycles. The Morgan fingerprint density at radius 3 is 2.28 bits per heavy atom. The molecule has 3 rings (SSSR count). The fraction of sp³-hybridized carbons (Fsp3) is 0.611. The van der Waals surface area contributed by atoms with Crippen LogP contribution in [0.3, 0.4) is 0 Å². The molecular formula is C18H23F3N2O5S. The molecular weight excluding hydrogens is 413 g/mol. The third-order valence-corrected chi connectivity index (χ3v) is 6.14. The minimum atomic E-state index is -4.45. The van der Waals surface area contributed by atoms with E-state index in [9.17, 15) is 30.9 Å². The number of morpholine rings is 1. The molecule has 29 heavy (non-hydrogen) atoms. The van der Waals surface area contributed by atoms with Gasteiger partial charge in [0.15, 0.2) is 0 Å². The Balaban J connectivity index is 1.80. The average molecular weight is 436 g/mol. The fourth-order valence-corrected chi connectivity index (χ4v) is 4.76. The molecule has 11 heteroatoms. The lowest BCUT2D eigenvalue weighted by Crippen LogP contribution is -2.53. The molecule has 0 saturated carbocycles. The maximum Gasteiger partial charge on any atom is 0.416 e. The van der Waals surface area contributed by atoms with Crippen LogP contribution in [-0.4, -0.2) is 73.9 Å². The van der Waals surface area contributed by atoms with Crippen molar-refractivity contribution in [2.75, 3.05) is 45.1 Å². The van der Waals surface area contributed by atoms with Crippen molar-refractivity contribution in [1.82, 2.24) is 9.80 Å². The summed E-state index contributed by atoms with van der Waals surface area (Å²) in [4.78, 5) is 16.0. The molecule has 2 amide bonds. The van der Waals surface area contributed by atoms with E-state index >= 15 is 0 Å². The number of rotatable bonds is 3. The number of ether oxygens (including phenoxy) is 1. The number of benzene rings is 1. The van der Waals surface area contributed by atoms with E-state index in [1.807, 2.05) is 0 Å². The largest absolute Gasteiger partial charge is 0.416 e. The zero-order valence-corrected chi connectivity index (χ0v) is 16.5. The van der Waals surface area contributed by atoms with Gasteiger partial charge in [0.1, 0.15) is 0 Å². The van der Waals surface area contributed by atoms with E-state index in [2.05, 4.69) is 0 Å². The average Bonchev–Trinajstić information content (AvgIpc) is 2.66. The molecule has 2 saturated heterocycles. The summed E-state index contributed by atoms with van der Waals surface area (Å²) in [6.45, 7) is 2.09. The van der Waals surface area contributed by atoms with Crippen molar-refractivity contribution in [2.24, 2.45) is 5.92 Å². The molecule has 2 aliphatic rings. The smallest absolute Gasteiger partial charge is 0.378 e. The molecule has 1 N–H and O–H groups in total. The second-order valence-electron chi connectivity index (χ2n) is 7.45. The molecule has 0 spiro atoms. The molecule has 2 fully saturated rings. The predicted molar refractivity (Wildman–Crippen MR) is 98.1 cm³/mol. The van der Waals surface area contributed by atoms with Gasteiger partial charge in [-0.3, -0.25) is 4.55 Å². The van der Waals surface area contributed by atoms with Crippen molar-refractivity contribution in [3.05, 3.63) is 35.4 Å². The van der Waals surface area contributed by atoms with Crippen molar-refractivity contribution >= 4 is 16.1 Å². The minimum absolute atomic E-state index is 0.160. The second-order valence-corrected chi connectivity index (χ2v) is 8.95. The summed E-state index contributed by atoms with van der Waals surface area (Å²) in [7, 11) is -4.25. The van der Waals surface area contributed by atoms with E-state index in [1.54, 1.807) is 4.90 Å². The molecule has 2 unspecified atom stereocenters. The topological polar surface area (TPSA) is 87.2 Å². The Kier molecular flexibility index (Phi) is 6.39. The highest BCUT2D eigenvalue weighted by Crippen LogP contribution is 2.34. The van der Waals surface area contributed by atoms with E-state index in [0.717, 1.165) is 12.1 Å². The van der Waals surface area contributed by atoms with Crippen LogP contribution in [0.4, 0.5) is 18.0 Å². The number of carbonyl (C=O) groups is 1. The van der Waals surface area contributed by atoms with Gasteiger partial charge in [0.25, 0.3) is 10.1 Å². The van der Waals surface area contributed by atoms with Crippen LogP contribution < -0.4 is 0 Å². The van der Waals surface area contributed by atoms with Gasteiger partial charge in [-0.05, 0) is 30.0 Å². The number of carbonyl (C=O) groups excluding carboxylic acids is 1. The van der Waals surface area contributed by atoms with Gasteiger partial charge in [-0.1, -0.05) is 12.1 Å². The number of hydrogen-bond acceptors (Lipinski definition) is 4. The lowest BCUT2D eigenvalue weighted by molar-refractivity contribution is -0.137. The summed E-state index contributed by atoms with van der Waals surface area (Å²) < 4.78 is 75.7. The second kappa shape index (κ2) is 8.49.